The number of rotatable bonds is 3. The van der Waals surface area contributed by atoms with Gasteiger partial charge in [-0.05, 0) is 11.6 Å². The van der Waals surface area contributed by atoms with Gasteiger partial charge >= 0.3 is 0 Å². The summed E-state index contributed by atoms with van der Waals surface area (Å²) in [5.41, 5.74) is 2.94. The first-order valence-electron chi connectivity index (χ1n) is 4.65. The first kappa shape index (κ1) is 11.2. The third-order valence-corrected chi connectivity index (χ3v) is 4.26. The molecule has 1 aromatic rings. The van der Waals surface area contributed by atoms with E-state index in [1.165, 1.54) is 17.2 Å². The van der Waals surface area contributed by atoms with Crippen molar-refractivity contribution in [2.45, 2.75) is 30.1 Å². The zero-order valence-electron chi connectivity index (χ0n) is 8.60. The molecule has 0 aliphatic rings. The van der Waals surface area contributed by atoms with Gasteiger partial charge in [-0.2, -0.15) is 0 Å². The lowest BCUT2D eigenvalue weighted by atomic mass is 10.2. The minimum Gasteiger partial charge on any atom is -0.0812 e. The number of benzene rings is 1. The van der Waals surface area contributed by atoms with E-state index < -0.39 is 8.07 Å². The van der Waals surface area contributed by atoms with Crippen molar-refractivity contribution in [1.29, 1.82) is 0 Å². The van der Waals surface area contributed by atoms with Gasteiger partial charge in [0.2, 0.25) is 0 Å². The molecular formula is C11H17ISi. The highest BCUT2D eigenvalue weighted by atomic mass is 127. The largest absolute Gasteiger partial charge is 0.0812 e. The van der Waals surface area contributed by atoms with Gasteiger partial charge in [0.05, 0.1) is 0 Å². The Hall–Kier alpha value is 0.167. The van der Waals surface area contributed by atoms with Gasteiger partial charge in [-0.1, -0.05) is 72.1 Å². The van der Waals surface area contributed by atoms with Crippen molar-refractivity contribution in [3.63, 3.8) is 0 Å². The second-order valence-electron chi connectivity index (χ2n) is 4.69. The predicted molar refractivity (Wildman–Crippen MR) is 71.2 cm³/mol. The molecule has 0 amide bonds. The van der Waals surface area contributed by atoms with Gasteiger partial charge in [-0.25, -0.2) is 0 Å². The standard InChI is InChI=1S/C11H17ISi/c1-13(2,3)9-11-6-4-10(8-12)5-7-11/h4-7H,8-9H2,1-3H3. The van der Waals surface area contributed by atoms with Gasteiger partial charge in [-0.3, -0.25) is 0 Å². The van der Waals surface area contributed by atoms with E-state index in [2.05, 4.69) is 66.5 Å². The van der Waals surface area contributed by atoms with E-state index in [1.807, 2.05) is 0 Å². The molecule has 0 nitrogen and oxygen atoms in total. The minimum atomic E-state index is -0.927. The van der Waals surface area contributed by atoms with Crippen molar-refractivity contribution in [3.05, 3.63) is 35.4 Å². The molecule has 0 aromatic heterocycles. The van der Waals surface area contributed by atoms with Gasteiger partial charge in [0, 0.05) is 12.5 Å². The van der Waals surface area contributed by atoms with Gasteiger partial charge in [-0.15, -0.1) is 0 Å². The maximum absolute atomic E-state index is 2.42. The van der Waals surface area contributed by atoms with E-state index in [0.29, 0.717) is 0 Å². The Morgan fingerprint density at radius 1 is 1.00 bits per heavy atom. The lowest BCUT2D eigenvalue weighted by Crippen LogP contribution is -2.23. The topological polar surface area (TPSA) is 0 Å². The molecular weight excluding hydrogens is 287 g/mol. The molecule has 13 heavy (non-hydrogen) atoms. The summed E-state index contributed by atoms with van der Waals surface area (Å²) in [6, 6.07) is 10.4. The van der Waals surface area contributed by atoms with Gasteiger partial charge in [0.1, 0.15) is 0 Å². The summed E-state index contributed by atoms with van der Waals surface area (Å²) >= 11 is 2.40. The lowest BCUT2D eigenvalue weighted by molar-refractivity contribution is 1.29. The third kappa shape index (κ3) is 4.27. The molecule has 0 aliphatic carbocycles. The van der Waals surface area contributed by atoms with E-state index in [1.54, 1.807) is 0 Å². The zero-order chi connectivity index (χ0) is 9.90. The van der Waals surface area contributed by atoms with Crippen LogP contribution in [0.25, 0.3) is 0 Å². The highest BCUT2D eigenvalue weighted by molar-refractivity contribution is 14.1. The molecule has 0 spiro atoms. The molecule has 0 N–H and O–H groups in total. The highest BCUT2D eigenvalue weighted by Gasteiger charge is 2.13. The molecule has 0 radical (unpaired) electrons. The summed E-state index contributed by atoms with van der Waals surface area (Å²) in [5.74, 6) is 0. The fraction of sp³-hybridized carbons (Fsp3) is 0.455. The summed E-state index contributed by atoms with van der Waals surface area (Å²) in [6.07, 6.45) is 0. The third-order valence-electron chi connectivity index (χ3n) is 1.91. The maximum atomic E-state index is 2.42. The van der Waals surface area contributed by atoms with Crippen molar-refractivity contribution in [3.8, 4) is 0 Å². The van der Waals surface area contributed by atoms with Gasteiger partial charge in [0.25, 0.3) is 0 Å². The fourth-order valence-electron chi connectivity index (χ4n) is 1.36. The minimum absolute atomic E-state index is 0.927. The summed E-state index contributed by atoms with van der Waals surface area (Å²) < 4.78 is 1.12. The van der Waals surface area contributed by atoms with E-state index in [-0.39, 0.29) is 0 Å². The molecule has 0 aliphatic heterocycles. The zero-order valence-corrected chi connectivity index (χ0v) is 11.8. The SMILES string of the molecule is C[Si](C)(C)Cc1ccc(CI)cc1. The molecule has 0 heterocycles. The van der Waals surface area contributed by atoms with Crippen LogP contribution in [0.1, 0.15) is 11.1 Å². The Bertz CT molecular complexity index is 258. The van der Waals surface area contributed by atoms with E-state index in [0.717, 1.165) is 4.43 Å². The van der Waals surface area contributed by atoms with Crippen LogP contribution >= 0.6 is 22.6 Å². The van der Waals surface area contributed by atoms with Crippen molar-refractivity contribution >= 4 is 30.7 Å². The van der Waals surface area contributed by atoms with Crippen molar-refractivity contribution in [2.75, 3.05) is 0 Å². The van der Waals surface area contributed by atoms with Crippen LogP contribution in [0.4, 0.5) is 0 Å². The summed E-state index contributed by atoms with van der Waals surface area (Å²) in [7, 11) is -0.927. The fourth-order valence-corrected chi connectivity index (χ4v) is 3.33. The predicted octanol–water partition coefficient (Wildman–Crippen LogP) is 4.04. The number of hydrogen-bond donors (Lipinski definition) is 0. The Labute approximate surface area is 95.9 Å². The quantitative estimate of drug-likeness (QED) is 0.449. The second-order valence-corrected chi connectivity index (χ2v) is 10.9. The van der Waals surface area contributed by atoms with Crippen LogP contribution in [0.5, 0.6) is 0 Å². The molecule has 72 valence electrons. The van der Waals surface area contributed by atoms with Crippen molar-refractivity contribution in [2.24, 2.45) is 0 Å². The van der Waals surface area contributed by atoms with E-state index >= 15 is 0 Å². The van der Waals surface area contributed by atoms with Gasteiger partial charge < -0.3 is 0 Å². The Morgan fingerprint density at radius 3 is 1.85 bits per heavy atom. The molecule has 0 saturated heterocycles. The van der Waals surface area contributed by atoms with E-state index in [9.17, 15) is 0 Å². The molecule has 0 unspecified atom stereocenters. The number of alkyl halides is 1. The summed E-state index contributed by atoms with van der Waals surface area (Å²) in [4.78, 5) is 0. The maximum Gasteiger partial charge on any atom is 0.0487 e. The van der Waals surface area contributed by atoms with Crippen molar-refractivity contribution < 1.29 is 0 Å². The molecule has 2 heteroatoms. The Morgan fingerprint density at radius 2 is 1.46 bits per heavy atom. The number of hydrogen-bond acceptors (Lipinski definition) is 0. The van der Waals surface area contributed by atoms with Gasteiger partial charge in [0.15, 0.2) is 0 Å². The normalized spacial score (nSPS) is 11.7. The molecule has 1 rings (SSSR count). The molecule has 0 atom stereocenters. The van der Waals surface area contributed by atoms with Crippen LogP contribution in [0.15, 0.2) is 24.3 Å². The van der Waals surface area contributed by atoms with Crippen LogP contribution in [0.3, 0.4) is 0 Å². The van der Waals surface area contributed by atoms with Crippen LogP contribution in [-0.4, -0.2) is 8.07 Å². The molecule has 0 bridgehead atoms. The molecule has 1 aromatic carbocycles. The highest BCUT2D eigenvalue weighted by Crippen LogP contribution is 2.13. The smallest absolute Gasteiger partial charge is 0.0487 e. The Kier molecular flexibility index (Phi) is 3.98. The first-order valence-corrected chi connectivity index (χ1v) is 9.88. The number of halogens is 1. The average Bonchev–Trinajstić information content (AvgIpc) is 2.03. The second kappa shape index (κ2) is 4.60. The summed E-state index contributed by atoms with van der Waals surface area (Å²) in [5, 5.41) is 0. The average molecular weight is 304 g/mol. The van der Waals surface area contributed by atoms with Crippen LogP contribution < -0.4 is 0 Å². The first-order chi connectivity index (χ1) is 6.01. The molecule has 0 fully saturated rings. The van der Waals surface area contributed by atoms with E-state index in [4.69, 9.17) is 0 Å². The van der Waals surface area contributed by atoms with Crippen LogP contribution in [0, 0.1) is 0 Å². The van der Waals surface area contributed by atoms with Crippen LogP contribution in [-0.2, 0) is 10.5 Å². The monoisotopic (exact) mass is 304 g/mol. The van der Waals surface area contributed by atoms with Crippen LogP contribution in [0.2, 0.25) is 19.6 Å². The van der Waals surface area contributed by atoms with Crippen molar-refractivity contribution in [1.82, 2.24) is 0 Å². The lowest BCUT2D eigenvalue weighted by Gasteiger charge is -2.15. The summed E-state index contributed by atoms with van der Waals surface area (Å²) in [6.45, 7) is 7.25. The Balaban J connectivity index is 2.70. The molecule has 0 saturated carbocycles.